The third-order valence-electron chi connectivity index (χ3n) is 5.60. The van der Waals surface area contributed by atoms with E-state index in [4.69, 9.17) is 4.74 Å². The Morgan fingerprint density at radius 1 is 1.24 bits per heavy atom. The molecule has 2 aliphatic heterocycles. The number of sulfonamides is 1. The highest BCUT2D eigenvalue weighted by Crippen LogP contribution is 2.36. The Balaban J connectivity index is 1.68. The maximum absolute atomic E-state index is 14.9. The summed E-state index contributed by atoms with van der Waals surface area (Å²) in [6.07, 6.45) is 0.0791. The summed E-state index contributed by atoms with van der Waals surface area (Å²) >= 11 is 0. The highest BCUT2D eigenvalue weighted by Gasteiger charge is 2.57. The van der Waals surface area contributed by atoms with Crippen molar-refractivity contribution in [1.29, 1.82) is 0 Å². The monoisotopic (exact) mass is 487 g/mol. The molecule has 1 amide bonds. The summed E-state index contributed by atoms with van der Waals surface area (Å²) in [6.45, 7) is -0.636. The number of benzene rings is 1. The largest absolute Gasteiger partial charge is 0.368 e. The molecule has 1 aromatic heterocycles. The van der Waals surface area contributed by atoms with E-state index in [0.29, 0.717) is 19.1 Å². The van der Waals surface area contributed by atoms with Crippen LogP contribution in [0.3, 0.4) is 0 Å². The van der Waals surface area contributed by atoms with E-state index >= 15 is 0 Å². The van der Waals surface area contributed by atoms with E-state index in [1.54, 1.807) is 0 Å². The van der Waals surface area contributed by atoms with Gasteiger partial charge in [-0.1, -0.05) is 6.07 Å². The van der Waals surface area contributed by atoms with Crippen LogP contribution in [0.15, 0.2) is 36.4 Å². The van der Waals surface area contributed by atoms with Gasteiger partial charge in [0, 0.05) is 30.2 Å². The number of ether oxygens (including phenoxy) is 1. The SMILES string of the molecule is CS(=O)(=O)NC1C(Cc2cccc(-c3cc(F)cc(F)c3)n2)N(C(=O)C2CCO2)CC1(F)F. The van der Waals surface area contributed by atoms with Gasteiger partial charge in [0.2, 0.25) is 10.0 Å². The Bertz CT molecular complexity index is 1150. The van der Waals surface area contributed by atoms with Crippen LogP contribution in [-0.4, -0.2) is 67.7 Å². The number of carbonyl (C=O) groups is 1. The number of hydrogen-bond acceptors (Lipinski definition) is 5. The number of halogens is 4. The van der Waals surface area contributed by atoms with Gasteiger partial charge in [-0.3, -0.25) is 9.78 Å². The summed E-state index contributed by atoms with van der Waals surface area (Å²) in [5, 5.41) is 0. The second-order valence-corrected chi connectivity index (χ2v) is 9.97. The molecule has 0 aliphatic carbocycles. The molecular formula is C21H21F4N3O4S. The lowest BCUT2D eigenvalue weighted by Crippen LogP contribution is -2.54. The normalized spacial score (nSPS) is 24.5. The van der Waals surface area contributed by atoms with Crippen LogP contribution < -0.4 is 4.72 Å². The van der Waals surface area contributed by atoms with E-state index in [0.717, 1.165) is 23.3 Å². The zero-order chi connectivity index (χ0) is 24.0. The molecule has 0 bridgehead atoms. The van der Waals surface area contributed by atoms with Crippen LogP contribution in [0, 0.1) is 11.6 Å². The molecule has 2 aromatic rings. The standard InChI is InChI=1S/C21H21F4N3O4S/c1-33(30,31)27-19-17(28(11-21(19,24)25)20(29)18-5-6-32-18)10-15-3-2-4-16(26-15)12-7-13(22)9-14(23)8-12/h2-4,7-9,17-19,27H,5-6,10-11H2,1H3. The summed E-state index contributed by atoms with van der Waals surface area (Å²) in [5.74, 6) is -5.78. The maximum atomic E-state index is 14.9. The Hall–Kier alpha value is -2.57. The lowest BCUT2D eigenvalue weighted by molar-refractivity contribution is -0.158. The number of rotatable bonds is 6. The van der Waals surface area contributed by atoms with E-state index in [1.807, 2.05) is 4.72 Å². The molecular weight excluding hydrogens is 466 g/mol. The molecule has 12 heteroatoms. The molecule has 2 saturated heterocycles. The van der Waals surface area contributed by atoms with E-state index in [1.165, 1.54) is 18.2 Å². The highest BCUT2D eigenvalue weighted by molar-refractivity contribution is 7.88. The summed E-state index contributed by atoms with van der Waals surface area (Å²) in [6, 6.07) is 4.28. The maximum Gasteiger partial charge on any atom is 0.283 e. The Morgan fingerprint density at radius 3 is 2.48 bits per heavy atom. The average Bonchev–Trinajstić information content (AvgIpc) is 2.89. The molecule has 7 nitrogen and oxygen atoms in total. The first kappa shape index (κ1) is 23.6. The number of carbonyl (C=O) groups excluding carboxylic acids is 1. The Morgan fingerprint density at radius 2 is 1.91 bits per heavy atom. The molecule has 0 spiro atoms. The third kappa shape index (κ3) is 5.17. The molecule has 33 heavy (non-hydrogen) atoms. The predicted octanol–water partition coefficient (Wildman–Crippen LogP) is 2.12. The summed E-state index contributed by atoms with van der Waals surface area (Å²) in [7, 11) is -4.03. The van der Waals surface area contributed by atoms with Gasteiger partial charge in [-0.2, -0.15) is 0 Å². The molecule has 0 saturated carbocycles. The van der Waals surface area contributed by atoms with Crippen LogP contribution in [0.5, 0.6) is 0 Å². The number of nitrogens with zero attached hydrogens (tertiary/aromatic N) is 2. The van der Waals surface area contributed by atoms with Gasteiger partial charge in [0.15, 0.2) is 0 Å². The third-order valence-corrected chi connectivity index (χ3v) is 6.29. The fraction of sp³-hybridized carbons (Fsp3) is 0.429. The number of likely N-dealkylation sites (tertiary alicyclic amines) is 1. The van der Waals surface area contributed by atoms with E-state index < -0.39 is 58.2 Å². The lowest BCUT2D eigenvalue weighted by atomic mass is 10.0. The molecule has 3 unspecified atom stereocenters. The van der Waals surface area contributed by atoms with Crippen molar-refractivity contribution in [2.24, 2.45) is 0 Å². The van der Waals surface area contributed by atoms with Gasteiger partial charge in [0.25, 0.3) is 11.8 Å². The van der Waals surface area contributed by atoms with Crippen LogP contribution >= 0.6 is 0 Å². The number of pyridine rings is 1. The first-order chi connectivity index (χ1) is 15.4. The second kappa shape index (κ2) is 8.65. The van der Waals surface area contributed by atoms with Gasteiger partial charge in [0.1, 0.15) is 23.8 Å². The first-order valence-electron chi connectivity index (χ1n) is 10.1. The van der Waals surface area contributed by atoms with Crippen LogP contribution in [0.2, 0.25) is 0 Å². The van der Waals surface area contributed by atoms with Gasteiger partial charge in [-0.25, -0.2) is 30.7 Å². The second-order valence-electron chi connectivity index (χ2n) is 8.19. The minimum absolute atomic E-state index is 0.146. The molecule has 0 radical (unpaired) electrons. The molecule has 2 aliphatic rings. The van der Waals surface area contributed by atoms with Crippen molar-refractivity contribution in [3.63, 3.8) is 0 Å². The van der Waals surface area contributed by atoms with Crippen molar-refractivity contribution in [2.45, 2.75) is 37.0 Å². The van der Waals surface area contributed by atoms with Crippen LogP contribution in [-0.2, 0) is 26.0 Å². The number of aromatic nitrogens is 1. The predicted molar refractivity (Wildman–Crippen MR) is 110 cm³/mol. The van der Waals surface area contributed by atoms with Crippen LogP contribution in [0.25, 0.3) is 11.3 Å². The summed E-state index contributed by atoms with van der Waals surface area (Å²) in [5.41, 5.74) is 0.587. The fourth-order valence-corrected chi connectivity index (χ4v) is 4.85. The van der Waals surface area contributed by atoms with Crippen molar-refractivity contribution >= 4 is 15.9 Å². The minimum Gasteiger partial charge on any atom is -0.368 e. The number of amides is 1. The number of hydrogen-bond donors (Lipinski definition) is 1. The topological polar surface area (TPSA) is 88.6 Å². The zero-order valence-corrected chi connectivity index (χ0v) is 18.3. The van der Waals surface area contributed by atoms with Gasteiger partial charge in [0.05, 0.1) is 31.1 Å². The van der Waals surface area contributed by atoms with Crippen LogP contribution in [0.4, 0.5) is 17.6 Å². The van der Waals surface area contributed by atoms with E-state index in [9.17, 15) is 30.8 Å². The number of alkyl halides is 2. The minimum atomic E-state index is -4.03. The smallest absolute Gasteiger partial charge is 0.283 e. The molecule has 1 aromatic carbocycles. The van der Waals surface area contributed by atoms with Crippen molar-refractivity contribution in [3.05, 3.63) is 53.7 Å². The van der Waals surface area contributed by atoms with Crippen molar-refractivity contribution in [2.75, 3.05) is 19.4 Å². The molecule has 3 heterocycles. The quantitative estimate of drug-likeness (QED) is 0.631. The molecule has 178 valence electrons. The van der Waals surface area contributed by atoms with Crippen molar-refractivity contribution in [3.8, 4) is 11.3 Å². The molecule has 2 fully saturated rings. The summed E-state index contributed by atoms with van der Waals surface area (Å²) in [4.78, 5) is 18.0. The van der Waals surface area contributed by atoms with Crippen molar-refractivity contribution in [1.82, 2.24) is 14.6 Å². The number of nitrogens with one attached hydrogen (secondary N) is 1. The van der Waals surface area contributed by atoms with E-state index in [-0.39, 0.29) is 23.4 Å². The zero-order valence-electron chi connectivity index (χ0n) is 17.5. The van der Waals surface area contributed by atoms with Gasteiger partial charge >= 0.3 is 0 Å². The molecule has 4 rings (SSSR count). The lowest BCUT2D eigenvalue weighted by Gasteiger charge is -2.33. The Labute approximate surface area is 187 Å². The van der Waals surface area contributed by atoms with Gasteiger partial charge in [-0.05, 0) is 24.3 Å². The summed E-state index contributed by atoms with van der Waals surface area (Å²) < 4.78 is 87.6. The van der Waals surface area contributed by atoms with E-state index in [2.05, 4.69) is 4.98 Å². The molecule has 3 atom stereocenters. The van der Waals surface area contributed by atoms with Gasteiger partial charge < -0.3 is 9.64 Å². The highest BCUT2D eigenvalue weighted by atomic mass is 32.2. The fourth-order valence-electron chi connectivity index (χ4n) is 4.05. The van der Waals surface area contributed by atoms with Gasteiger partial charge in [-0.15, -0.1) is 0 Å². The average molecular weight is 487 g/mol. The van der Waals surface area contributed by atoms with Crippen molar-refractivity contribution < 1.29 is 35.5 Å². The first-order valence-corrected chi connectivity index (χ1v) is 12.0. The molecule has 1 N–H and O–H groups in total. The van der Waals surface area contributed by atoms with Crippen LogP contribution in [0.1, 0.15) is 12.1 Å². The Kier molecular flexibility index (Phi) is 6.18.